The minimum atomic E-state index is 0.300. The summed E-state index contributed by atoms with van der Waals surface area (Å²) >= 11 is 0. The molecule has 3 unspecified atom stereocenters. The molecular formula is C29H48O. The molecule has 2 saturated carbocycles. The van der Waals surface area contributed by atoms with Crippen LogP contribution < -0.4 is 4.74 Å². The minimum absolute atomic E-state index is 0.300. The highest BCUT2D eigenvalue weighted by atomic mass is 16.5. The van der Waals surface area contributed by atoms with Gasteiger partial charge in [0, 0.05) is 0 Å². The molecule has 0 spiro atoms. The van der Waals surface area contributed by atoms with Crippen LogP contribution >= 0.6 is 0 Å². The zero-order chi connectivity index (χ0) is 21.3. The predicted molar refractivity (Wildman–Crippen MR) is 130 cm³/mol. The molecule has 0 heterocycles. The van der Waals surface area contributed by atoms with E-state index >= 15 is 0 Å². The predicted octanol–water partition coefficient (Wildman–Crippen LogP) is 8.92. The molecule has 1 heteroatoms. The van der Waals surface area contributed by atoms with Crippen molar-refractivity contribution in [1.82, 2.24) is 0 Å². The Kier molecular flexibility index (Phi) is 9.60. The molecule has 3 atom stereocenters. The topological polar surface area (TPSA) is 9.23 Å². The van der Waals surface area contributed by atoms with Crippen LogP contribution in [-0.4, -0.2) is 6.10 Å². The molecule has 170 valence electrons. The summed E-state index contributed by atoms with van der Waals surface area (Å²) in [4.78, 5) is 0. The molecule has 1 aromatic carbocycles. The summed E-state index contributed by atoms with van der Waals surface area (Å²) in [5.41, 5.74) is 0. The smallest absolute Gasteiger partial charge is 0.119 e. The van der Waals surface area contributed by atoms with E-state index in [9.17, 15) is 0 Å². The van der Waals surface area contributed by atoms with Crippen LogP contribution in [0.15, 0.2) is 30.3 Å². The zero-order valence-corrected chi connectivity index (χ0v) is 20.3. The van der Waals surface area contributed by atoms with E-state index < -0.39 is 0 Å². The third-order valence-electron chi connectivity index (χ3n) is 8.96. The Bertz CT molecular complexity index is 565. The lowest BCUT2D eigenvalue weighted by Crippen LogP contribution is -2.33. The number of rotatable bonds is 10. The van der Waals surface area contributed by atoms with E-state index in [1.807, 2.05) is 0 Å². The molecule has 2 fully saturated rings. The number of ether oxygens (including phenoxy) is 1. The van der Waals surface area contributed by atoms with Crippen LogP contribution in [-0.2, 0) is 0 Å². The molecule has 30 heavy (non-hydrogen) atoms. The van der Waals surface area contributed by atoms with Gasteiger partial charge in [-0.15, -0.1) is 0 Å². The van der Waals surface area contributed by atoms with Crippen molar-refractivity contribution in [2.24, 2.45) is 35.5 Å². The molecule has 0 aromatic heterocycles. The maximum absolute atomic E-state index is 6.24. The summed E-state index contributed by atoms with van der Waals surface area (Å²) < 4.78 is 6.24. The number of hydrogen-bond donors (Lipinski definition) is 0. The Morgan fingerprint density at radius 2 is 1.33 bits per heavy atom. The SMILES string of the molecule is CCCCCC1CCC(C(C)C2CCC(C(C)C(C)Oc3ccccc3)CC2)CC1. The Labute approximate surface area is 187 Å². The highest BCUT2D eigenvalue weighted by Gasteiger charge is 2.34. The van der Waals surface area contributed by atoms with Crippen molar-refractivity contribution >= 4 is 0 Å². The Balaban J connectivity index is 1.38. The van der Waals surface area contributed by atoms with Gasteiger partial charge in [-0.1, -0.05) is 77.5 Å². The molecule has 3 rings (SSSR count). The maximum Gasteiger partial charge on any atom is 0.119 e. The molecule has 2 aliphatic rings. The van der Waals surface area contributed by atoms with E-state index in [2.05, 4.69) is 58.0 Å². The standard InChI is InChI=1S/C29H48O/c1-5-6-8-11-25-14-16-27(17-15-25)23(3)28-20-18-26(19-21-28)22(2)24(4)30-29-12-9-7-10-13-29/h7,9-10,12-13,22-28H,5-6,8,11,14-21H2,1-4H3. The van der Waals surface area contributed by atoms with Crippen molar-refractivity contribution in [3.8, 4) is 5.75 Å². The van der Waals surface area contributed by atoms with Gasteiger partial charge in [-0.25, -0.2) is 0 Å². The van der Waals surface area contributed by atoms with Gasteiger partial charge in [0.2, 0.25) is 0 Å². The van der Waals surface area contributed by atoms with Crippen molar-refractivity contribution in [1.29, 1.82) is 0 Å². The van der Waals surface area contributed by atoms with Gasteiger partial charge in [-0.05, 0) is 93.1 Å². The summed E-state index contributed by atoms with van der Waals surface area (Å²) in [6.07, 6.45) is 17.8. The lowest BCUT2D eigenvalue weighted by Gasteiger charge is -2.41. The third kappa shape index (κ3) is 6.76. The highest BCUT2D eigenvalue weighted by Crippen LogP contribution is 2.44. The van der Waals surface area contributed by atoms with E-state index in [0.29, 0.717) is 12.0 Å². The molecule has 0 saturated heterocycles. The first-order valence-corrected chi connectivity index (χ1v) is 13.3. The minimum Gasteiger partial charge on any atom is -0.490 e. The summed E-state index contributed by atoms with van der Waals surface area (Å²) in [6.45, 7) is 9.61. The van der Waals surface area contributed by atoms with Gasteiger partial charge in [-0.3, -0.25) is 0 Å². The van der Waals surface area contributed by atoms with Crippen LogP contribution in [0.4, 0.5) is 0 Å². The van der Waals surface area contributed by atoms with Gasteiger partial charge < -0.3 is 4.74 Å². The first-order valence-electron chi connectivity index (χ1n) is 13.3. The first kappa shape index (κ1) is 23.7. The highest BCUT2D eigenvalue weighted by molar-refractivity contribution is 5.21. The quantitative estimate of drug-likeness (QED) is 0.348. The second kappa shape index (κ2) is 12.2. The fraction of sp³-hybridized carbons (Fsp3) is 0.793. The third-order valence-corrected chi connectivity index (χ3v) is 8.96. The fourth-order valence-electron chi connectivity index (χ4n) is 6.47. The van der Waals surface area contributed by atoms with Gasteiger partial charge in [0.05, 0.1) is 6.10 Å². The number of para-hydroxylation sites is 1. The molecule has 0 radical (unpaired) electrons. The van der Waals surface area contributed by atoms with Crippen LogP contribution in [0.25, 0.3) is 0 Å². The molecule has 0 N–H and O–H groups in total. The van der Waals surface area contributed by atoms with E-state index in [-0.39, 0.29) is 0 Å². The van der Waals surface area contributed by atoms with E-state index in [1.165, 1.54) is 77.0 Å². The van der Waals surface area contributed by atoms with Crippen molar-refractivity contribution in [2.75, 3.05) is 0 Å². The Morgan fingerprint density at radius 1 is 0.767 bits per heavy atom. The average Bonchev–Trinajstić information content (AvgIpc) is 2.79. The molecule has 1 aromatic rings. The number of hydrogen-bond acceptors (Lipinski definition) is 1. The fourth-order valence-corrected chi connectivity index (χ4v) is 6.47. The summed E-state index contributed by atoms with van der Waals surface area (Å²) in [5, 5.41) is 0. The van der Waals surface area contributed by atoms with E-state index in [4.69, 9.17) is 4.74 Å². The second-order valence-corrected chi connectivity index (χ2v) is 10.8. The lowest BCUT2D eigenvalue weighted by molar-refractivity contribution is 0.0704. The van der Waals surface area contributed by atoms with Crippen LogP contribution in [0.1, 0.15) is 105 Å². The first-order chi connectivity index (χ1) is 14.6. The van der Waals surface area contributed by atoms with E-state index in [0.717, 1.165) is 35.3 Å². The Morgan fingerprint density at radius 3 is 1.93 bits per heavy atom. The van der Waals surface area contributed by atoms with Crippen molar-refractivity contribution in [2.45, 2.75) is 111 Å². The molecule has 2 aliphatic carbocycles. The zero-order valence-electron chi connectivity index (χ0n) is 20.3. The average molecular weight is 413 g/mol. The summed E-state index contributed by atoms with van der Waals surface area (Å²) in [5.74, 6) is 6.46. The van der Waals surface area contributed by atoms with Gasteiger partial charge in [-0.2, -0.15) is 0 Å². The summed E-state index contributed by atoms with van der Waals surface area (Å²) in [7, 11) is 0. The van der Waals surface area contributed by atoms with Gasteiger partial charge >= 0.3 is 0 Å². The van der Waals surface area contributed by atoms with Gasteiger partial charge in [0.25, 0.3) is 0 Å². The molecule has 0 amide bonds. The maximum atomic E-state index is 6.24. The van der Waals surface area contributed by atoms with Gasteiger partial charge in [0.1, 0.15) is 5.75 Å². The van der Waals surface area contributed by atoms with Crippen molar-refractivity contribution in [3.05, 3.63) is 30.3 Å². The van der Waals surface area contributed by atoms with Crippen LogP contribution in [0.3, 0.4) is 0 Å². The second-order valence-electron chi connectivity index (χ2n) is 10.8. The Hall–Kier alpha value is -0.980. The van der Waals surface area contributed by atoms with Crippen molar-refractivity contribution < 1.29 is 4.74 Å². The van der Waals surface area contributed by atoms with Crippen LogP contribution in [0.2, 0.25) is 0 Å². The largest absolute Gasteiger partial charge is 0.490 e. The molecular weight excluding hydrogens is 364 g/mol. The normalized spacial score (nSPS) is 30.4. The van der Waals surface area contributed by atoms with Crippen LogP contribution in [0.5, 0.6) is 5.75 Å². The lowest BCUT2D eigenvalue weighted by atomic mass is 9.65. The molecule has 0 bridgehead atoms. The monoisotopic (exact) mass is 412 g/mol. The summed E-state index contributed by atoms with van der Waals surface area (Å²) in [6, 6.07) is 10.4. The van der Waals surface area contributed by atoms with Crippen molar-refractivity contribution in [3.63, 3.8) is 0 Å². The number of benzene rings is 1. The molecule has 0 aliphatic heterocycles. The van der Waals surface area contributed by atoms with Crippen LogP contribution in [0, 0.1) is 35.5 Å². The molecule has 1 nitrogen and oxygen atoms in total. The van der Waals surface area contributed by atoms with Gasteiger partial charge in [0.15, 0.2) is 0 Å². The number of unbranched alkanes of at least 4 members (excludes halogenated alkanes) is 2. The van der Waals surface area contributed by atoms with E-state index in [1.54, 1.807) is 0 Å².